The minimum atomic E-state index is 1.04. The number of pyridine rings is 1. The zero-order valence-corrected chi connectivity index (χ0v) is 12.3. The number of para-hydroxylation sites is 2. The standard InChI is InChI=1S/C21H12N2/c1-2-7-18-17(6-1)22-21-16-11-10-14-5-3-4-13-8-9-15(12-23(18)21)20(16)19(13)14/h1-12H. The number of aromatic nitrogens is 2. The second-order valence-electron chi connectivity index (χ2n) is 6.15. The molecule has 0 spiro atoms. The smallest absolute Gasteiger partial charge is 0.145 e. The van der Waals surface area contributed by atoms with E-state index in [-0.39, 0.29) is 0 Å². The zero-order valence-electron chi connectivity index (χ0n) is 12.3. The van der Waals surface area contributed by atoms with Crippen molar-refractivity contribution in [2.24, 2.45) is 0 Å². The Morgan fingerprint density at radius 3 is 2.35 bits per heavy atom. The van der Waals surface area contributed by atoms with Crippen LogP contribution in [0.4, 0.5) is 0 Å². The molecular weight excluding hydrogens is 280 g/mol. The van der Waals surface area contributed by atoms with E-state index in [0.29, 0.717) is 0 Å². The topological polar surface area (TPSA) is 17.3 Å². The van der Waals surface area contributed by atoms with Crippen LogP contribution in [-0.2, 0) is 0 Å². The molecule has 2 aromatic heterocycles. The lowest BCUT2D eigenvalue weighted by molar-refractivity contribution is 1.26. The van der Waals surface area contributed by atoms with Crippen LogP contribution < -0.4 is 0 Å². The van der Waals surface area contributed by atoms with Gasteiger partial charge in [-0.05, 0) is 39.7 Å². The van der Waals surface area contributed by atoms with Crippen molar-refractivity contribution < 1.29 is 0 Å². The van der Waals surface area contributed by atoms with Gasteiger partial charge >= 0.3 is 0 Å². The van der Waals surface area contributed by atoms with Crippen molar-refractivity contribution in [3.63, 3.8) is 0 Å². The van der Waals surface area contributed by atoms with E-state index in [9.17, 15) is 0 Å². The lowest BCUT2D eigenvalue weighted by Gasteiger charge is -2.11. The number of fused-ring (bicyclic) bond motifs is 4. The van der Waals surface area contributed by atoms with E-state index < -0.39 is 0 Å². The summed E-state index contributed by atoms with van der Waals surface area (Å²) < 4.78 is 2.22. The Morgan fingerprint density at radius 2 is 1.43 bits per heavy atom. The molecule has 0 bridgehead atoms. The highest BCUT2D eigenvalue weighted by atomic mass is 15.0. The lowest BCUT2D eigenvalue weighted by atomic mass is 9.96. The van der Waals surface area contributed by atoms with E-state index in [0.717, 1.165) is 16.7 Å². The number of imidazole rings is 1. The van der Waals surface area contributed by atoms with Gasteiger partial charge in [-0.2, -0.15) is 0 Å². The van der Waals surface area contributed by atoms with Crippen molar-refractivity contribution in [2.75, 3.05) is 0 Å². The fourth-order valence-electron chi connectivity index (χ4n) is 3.91. The van der Waals surface area contributed by atoms with Crippen molar-refractivity contribution in [2.45, 2.75) is 0 Å². The first-order valence-corrected chi connectivity index (χ1v) is 7.83. The maximum Gasteiger partial charge on any atom is 0.145 e. The highest BCUT2D eigenvalue weighted by molar-refractivity contribution is 6.25. The SMILES string of the molecule is c1cc2ccc3cn4c5ccccc5nc4c4ccc(c1)c2c34. The molecule has 2 heteroatoms. The normalized spacial score (nSPS) is 12.3. The number of rotatable bonds is 0. The quantitative estimate of drug-likeness (QED) is 0.343. The van der Waals surface area contributed by atoms with Crippen molar-refractivity contribution in [3.8, 4) is 0 Å². The largest absolute Gasteiger partial charge is 0.299 e. The van der Waals surface area contributed by atoms with Crippen LogP contribution in [0.25, 0.3) is 49.0 Å². The van der Waals surface area contributed by atoms with E-state index in [1.807, 2.05) is 6.07 Å². The lowest BCUT2D eigenvalue weighted by Crippen LogP contribution is -1.90. The third kappa shape index (κ3) is 1.32. The summed E-state index contributed by atoms with van der Waals surface area (Å²) in [5.41, 5.74) is 3.24. The molecule has 106 valence electrons. The predicted molar refractivity (Wildman–Crippen MR) is 96.4 cm³/mol. The monoisotopic (exact) mass is 292 g/mol. The van der Waals surface area contributed by atoms with Gasteiger partial charge in [0.2, 0.25) is 0 Å². The van der Waals surface area contributed by atoms with Gasteiger partial charge in [0.15, 0.2) is 0 Å². The summed E-state index contributed by atoms with van der Waals surface area (Å²) in [6, 6.07) is 23.7. The van der Waals surface area contributed by atoms with Gasteiger partial charge in [0.25, 0.3) is 0 Å². The van der Waals surface area contributed by atoms with E-state index in [2.05, 4.69) is 71.3 Å². The molecule has 6 rings (SSSR count). The fourth-order valence-corrected chi connectivity index (χ4v) is 3.91. The second kappa shape index (κ2) is 3.79. The Bertz CT molecular complexity index is 1340. The average molecular weight is 292 g/mol. The Labute approximate surface area is 131 Å². The van der Waals surface area contributed by atoms with Crippen LogP contribution in [-0.4, -0.2) is 9.38 Å². The molecular formula is C21H12N2. The number of benzene rings is 4. The summed E-state index contributed by atoms with van der Waals surface area (Å²) in [5, 5.41) is 7.74. The van der Waals surface area contributed by atoms with Gasteiger partial charge in [0.1, 0.15) is 5.65 Å². The number of nitrogens with zero attached hydrogens (tertiary/aromatic N) is 2. The zero-order chi connectivity index (χ0) is 15.0. The molecule has 0 atom stereocenters. The molecule has 0 fully saturated rings. The van der Waals surface area contributed by atoms with E-state index >= 15 is 0 Å². The third-order valence-electron chi connectivity index (χ3n) is 4.91. The Kier molecular flexibility index (Phi) is 1.89. The molecule has 0 saturated carbocycles. The molecule has 23 heavy (non-hydrogen) atoms. The summed E-state index contributed by atoms with van der Waals surface area (Å²) >= 11 is 0. The second-order valence-corrected chi connectivity index (χ2v) is 6.15. The minimum absolute atomic E-state index is 1.04. The molecule has 0 aliphatic carbocycles. The summed E-state index contributed by atoms with van der Waals surface area (Å²) in [5.74, 6) is 0. The molecule has 0 aliphatic rings. The predicted octanol–water partition coefficient (Wildman–Crippen LogP) is 5.38. The molecule has 4 aromatic carbocycles. The molecule has 0 radical (unpaired) electrons. The maximum absolute atomic E-state index is 4.88. The van der Waals surface area contributed by atoms with Crippen LogP contribution in [0.1, 0.15) is 0 Å². The molecule has 0 saturated heterocycles. The minimum Gasteiger partial charge on any atom is -0.299 e. The van der Waals surface area contributed by atoms with Gasteiger partial charge in [-0.25, -0.2) is 4.98 Å². The highest BCUT2D eigenvalue weighted by Gasteiger charge is 2.13. The van der Waals surface area contributed by atoms with Crippen molar-refractivity contribution >= 4 is 49.0 Å². The van der Waals surface area contributed by atoms with Crippen LogP contribution in [0.2, 0.25) is 0 Å². The highest BCUT2D eigenvalue weighted by Crippen LogP contribution is 2.36. The van der Waals surface area contributed by atoms with E-state index in [4.69, 9.17) is 4.98 Å². The molecule has 6 aromatic rings. The molecule has 2 nitrogen and oxygen atoms in total. The van der Waals surface area contributed by atoms with Gasteiger partial charge in [0.05, 0.1) is 11.0 Å². The average Bonchev–Trinajstić information content (AvgIpc) is 2.98. The van der Waals surface area contributed by atoms with Crippen LogP contribution in [0.5, 0.6) is 0 Å². The number of hydrogen-bond acceptors (Lipinski definition) is 1. The molecule has 0 N–H and O–H groups in total. The summed E-state index contributed by atoms with van der Waals surface area (Å²) in [6.07, 6.45) is 2.22. The fraction of sp³-hybridized carbons (Fsp3) is 0. The van der Waals surface area contributed by atoms with Gasteiger partial charge < -0.3 is 0 Å². The van der Waals surface area contributed by atoms with Gasteiger partial charge in [-0.15, -0.1) is 0 Å². The molecule has 0 aliphatic heterocycles. The van der Waals surface area contributed by atoms with Crippen molar-refractivity contribution in [3.05, 3.63) is 72.9 Å². The van der Waals surface area contributed by atoms with Crippen LogP contribution >= 0.6 is 0 Å². The van der Waals surface area contributed by atoms with Gasteiger partial charge in [-0.3, -0.25) is 4.40 Å². The Hall–Kier alpha value is -3.13. The van der Waals surface area contributed by atoms with Crippen LogP contribution in [0.3, 0.4) is 0 Å². The molecule has 0 amide bonds. The van der Waals surface area contributed by atoms with Crippen LogP contribution in [0.15, 0.2) is 72.9 Å². The van der Waals surface area contributed by atoms with E-state index in [1.54, 1.807) is 0 Å². The summed E-state index contributed by atoms with van der Waals surface area (Å²) in [7, 11) is 0. The van der Waals surface area contributed by atoms with Crippen molar-refractivity contribution in [1.29, 1.82) is 0 Å². The van der Waals surface area contributed by atoms with E-state index in [1.165, 1.54) is 32.3 Å². The first kappa shape index (κ1) is 11.4. The van der Waals surface area contributed by atoms with Gasteiger partial charge in [-0.1, -0.05) is 48.5 Å². The third-order valence-corrected chi connectivity index (χ3v) is 4.91. The first-order chi connectivity index (χ1) is 11.4. The summed E-state index contributed by atoms with van der Waals surface area (Å²) in [6.45, 7) is 0. The van der Waals surface area contributed by atoms with Gasteiger partial charge in [0, 0.05) is 17.0 Å². The maximum atomic E-state index is 4.88. The van der Waals surface area contributed by atoms with Crippen molar-refractivity contribution in [1.82, 2.24) is 9.38 Å². The Morgan fingerprint density at radius 1 is 0.652 bits per heavy atom. The number of hydrogen-bond donors (Lipinski definition) is 0. The summed E-state index contributed by atoms with van der Waals surface area (Å²) in [4.78, 5) is 4.88. The Balaban J connectivity index is 2.01. The molecule has 0 unspecified atom stereocenters. The van der Waals surface area contributed by atoms with Crippen LogP contribution in [0, 0.1) is 0 Å². The first-order valence-electron chi connectivity index (χ1n) is 7.83. The molecule has 2 heterocycles.